The van der Waals surface area contributed by atoms with Crippen LogP contribution in [0.1, 0.15) is 95.4 Å². The number of rotatable bonds is 28. The van der Waals surface area contributed by atoms with Gasteiger partial charge in [-0.1, -0.05) is 6.42 Å². The van der Waals surface area contributed by atoms with E-state index in [0.717, 1.165) is 88.1 Å². The van der Waals surface area contributed by atoms with Gasteiger partial charge in [0.05, 0.1) is 13.2 Å². The molecule has 3 saturated heterocycles. The lowest BCUT2D eigenvalue weighted by Gasteiger charge is -2.50. The molecule has 3 heterocycles. The zero-order chi connectivity index (χ0) is 61.8. The van der Waals surface area contributed by atoms with E-state index in [1.807, 2.05) is 0 Å². The molecule has 0 unspecified atom stereocenters. The third kappa shape index (κ3) is 21.4. The summed E-state index contributed by atoms with van der Waals surface area (Å²) < 4.78 is 85.0. The van der Waals surface area contributed by atoms with Crippen LogP contribution in [-0.2, 0) is 129 Å². The topological polar surface area (TPSA) is 388 Å². The molecular formula is C50H74N2O28S2. The Morgan fingerprint density at radius 2 is 1.05 bits per heavy atom. The van der Waals surface area contributed by atoms with Gasteiger partial charge in [-0.3, -0.25) is 52.7 Å². The molecule has 0 aromatic carbocycles. The Bertz CT molecular complexity index is 2270. The van der Waals surface area contributed by atoms with Gasteiger partial charge in [-0.2, -0.15) is 11.8 Å². The number of thioether (sulfide) groups is 2. The highest BCUT2D eigenvalue weighted by Crippen LogP contribution is 2.42. The van der Waals surface area contributed by atoms with Crippen LogP contribution in [0.25, 0.3) is 0 Å². The fourth-order valence-electron chi connectivity index (χ4n) is 9.09. The molecule has 0 aromatic rings. The van der Waals surface area contributed by atoms with Crippen molar-refractivity contribution in [3.8, 4) is 0 Å². The average molecular weight is 1220 g/mol. The predicted octanol–water partition coefficient (Wildman–Crippen LogP) is -0.609. The van der Waals surface area contributed by atoms with E-state index in [-0.39, 0.29) is 11.5 Å². The van der Waals surface area contributed by atoms with Crippen LogP contribution < -0.4 is 10.6 Å². The van der Waals surface area contributed by atoms with Gasteiger partial charge >= 0.3 is 59.7 Å². The maximum absolute atomic E-state index is 13.6. The molecule has 30 nitrogen and oxygen atoms in total. The highest BCUT2D eigenvalue weighted by atomic mass is 32.2. The van der Waals surface area contributed by atoms with Crippen LogP contribution in [-0.4, -0.2) is 224 Å². The molecule has 3 aliphatic rings. The number of methoxy groups -OCH3 is 2. The Morgan fingerprint density at radius 1 is 0.537 bits per heavy atom. The van der Waals surface area contributed by atoms with Crippen molar-refractivity contribution in [2.45, 2.75) is 198 Å². The van der Waals surface area contributed by atoms with Crippen molar-refractivity contribution in [2.24, 2.45) is 0 Å². The Kier molecular flexibility index (Phi) is 28.7. The standard InChI is InChI=1S/C50H74N2O28S2/c1-22(53)51-36-42(39(71-27(6)58)33(70-26(5)57)19-68-24(3)55)80-50(65,49(64)67-13)46(43(36)74-30(9)61)82-18-16-14-15-17-81-21-35-40(72-28(7)59)44(75-31(10)62)45(76-32(11)63)48(78-35)79-38-34(20-69-25(4)56)77-47(66-12)37(52-23(2)54)41(38)73-29(8)60/h33-48,65H,14-21H2,1-13H3,(H,51,53)(H,52,54)/t33-,34-,35-,36+,37-,38+,39-,40+,41-,42-,43-,44+,45-,46-,47-,48+,50+/m1/s1. The second-order valence-corrected chi connectivity index (χ2v) is 21.2. The minimum atomic E-state index is -3.03. The summed E-state index contributed by atoms with van der Waals surface area (Å²) in [7, 11) is 2.17. The van der Waals surface area contributed by atoms with E-state index in [2.05, 4.69) is 10.6 Å². The zero-order valence-electron chi connectivity index (χ0n) is 47.7. The lowest BCUT2D eigenvalue weighted by Crippen LogP contribution is -2.74. The van der Waals surface area contributed by atoms with Crippen molar-refractivity contribution >= 4 is 95.0 Å². The molecule has 17 atom stereocenters. The number of carbonyl (C=O) groups is 12. The summed E-state index contributed by atoms with van der Waals surface area (Å²) in [5.41, 5.74) is 0. The van der Waals surface area contributed by atoms with Gasteiger partial charge in [-0.15, -0.1) is 11.8 Å². The molecule has 3 N–H and O–H groups in total. The van der Waals surface area contributed by atoms with E-state index in [9.17, 15) is 62.6 Å². The average Bonchev–Trinajstić information content (AvgIpc) is 2.78. The first kappa shape index (κ1) is 70.4. The molecule has 0 spiro atoms. The second-order valence-electron chi connectivity index (χ2n) is 18.8. The van der Waals surface area contributed by atoms with Gasteiger partial charge < -0.3 is 86.8 Å². The van der Waals surface area contributed by atoms with E-state index < -0.39 is 188 Å². The van der Waals surface area contributed by atoms with Crippen LogP contribution in [0.5, 0.6) is 0 Å². The summed E-state index contributed by atoms with van der Waals surface area (Å²) in [4.78, 5) is 151. The summed E-state index contributed by atoms with van der Waals surface area (Å²) in [5.74, 6) is -13.3. The van der Waals surface area contributed by atoms with Gasteiger partial charge in [-0.05, 0) is 24.3 Å². The van der Waals surface area contributed by atoms with Crippen molar-refractivity contribution in [1.82, 2.24) is 10.6 Å². The molecule has 0 bridgehead atoms. The molecule has 3 fully saturated rings. The maximum Gasteiger partial charge on any atom is 0.367 e. The highest BCUT2D eigenvalue weighted by molar-refractivity contribution is 8.00. The van der Waals surface area contributed by atoms with Crippen LogP contribution in [0, 0.1) is 0 Å². The summed E-state index contributed by atoms with van der Waals surface area (Å²) in [6.45, 7) is 10.4. The number of esters is 10. The Labute approximate surface area is 480 Å². The number of ether oxygens (including phenoxy) is 15. The van der Waals surface area contributed by atoms with Crippen LogP contribution in [0.3, 0.4) is 0 Å². The Balaban J connectivity index is 1.96. The molecule has 0 aromatic heterocycles. The van der Waals surface area contributed by atoms with Crippen LogP contribution in [0.4, 0.5) is 0 Å². The lowest BCUT2D eigenvalue weighted by molar-refractivity contribution is -0.344. The smallest absolute Gasteiger partial charge is 0.367 e. The van der Waals surface area contributed by atoms with Crippen LogP contribution in [0.2, 0.25) is 0 Å². The molecule has 3 aliphatic heterocycles. The zero-order valence-corrected chi connectivity index (χ0v) is 49.3. The number of amides is 2. The summed E-state index contributed by atoms with van der Waals surface area (Å²) in [6.07, 6.45) is -19.1. The van der Waals surface area contributed by atoms with E-state index >= 15 is 0 Å². The minimum absolute atomic E-state index is 0.0162. The van der Waals surface area contributed by atoms with Gasteiger partial charge in [-0.25, -0.2) is 4.79 Å². The highest BCUT2D eigenvalue weighted by Gasteiger charge is 2.64. The van der Waals surface area contributed by atoms with Crippen LogP contribution >= 0.6 is 23.5 Å². The quantitative estimate of drug-likeness (QED) is 0.0500. The van der Waals surface area contributed by atoms with Crippen molar-refractivity contribution in [2.75, 3.05) is 44.7 Å². The molecule has 0 radical (unpaired) electrons. The fraction of sp³-hybridized carbons (Fsp3) is 0.760. The number of hydrogen-bond acceptors (Lipinski definition) is 30. The predicted molar refractivity (Wildman–Crippen MR) is 276 cm³/mol. The number of aliphatic hydroxyl groups is 1. The van der Waals surface area contributed by atoms with Gasteiger partial charge in [0, 0.05) is 89.0 Å². The summed E-state index contributed by atoms with van der Waals surface area (Å²) in [6, 6.07) is -2.81. The first-order valence-corrected chi connectivity index (χ1v) is 27.8. The molecule has 0 aliphatic carbocycles. The molecule has 0 saturated carbocycles. The third-order valence-electron chi connectivity index (χ3n) is 11.9. The van der Waals surface area contributed by atoms with Gasteiger partial charge in [0.25, 0.3) is 5.79 Å². The van der Waals surface area contributed by atoms with E-state index in [4.69, 9.17) is 71.1 Å². The molecule has 82 heavy (non-hydrogen) atoms. The van der Waals surface area contributed by atoms with E-state index in [1.165, 1.54) is 25.8 Å². The normalized spacial score (nSPS) is 29.3. The van der Waals surface area contributed by atoms with E-state index in [0.29, 0.717) is 25.0 Å². The maximum atomic E-state index is 13.6. The number of nitrogens with one attached hydrogen (secondary N) is 2. The molecule has 2 amide bonds. The van der Waals surface area contributed by atoms with Gasteiger partial charge in [0.15, 0.2) is 49.2 Å². The lowest BCUT2D eigenvalue weighted by atomic mass is 9.87. The van der Waals surface area contributed by atoms with Crippen molar-refractivity contribution in [1.29, 1.82) is 0 Å². The second kappa shape index (κ2) is 33.4. The SMILES string of the molecule is COC(=O)[C@@]1(O)O[C@@H]([C@H](OC(C)=O)[C@@H](COC(C)=O)OC(C)=O)[C@H](NC(C)=O)[C@@H](OC(C)=O)[C@H]1SCCCCCSC[C@H]1O[C@@H](O[C@@H]2[C@H](OC(C)=O)[C@@H](NC(C)=O)[C@H](OC)O[C@@H]2COC(C)=O)[C@H](OC(C)=O)[C@@H](OC(C)=O)[C@H]1OC(C)=O. The van der Waals surface area contributed by atoms with Crippen LogP contribution in [0.15, 0.2) is 0 Å². The number of hydrogen-bond donors (Lipinski definition) is 3. The largest absolute Gasteiger partial charge is 0.465 e. The molecule has 464 valence electrons. The third-order valence-corrected chi connectivity index (χ3v) is 14.5. The Morgan fingerprint density at radius 3 is 1.57 bits per heavy atom. The monoisotopic (exact) mass is 1210 g/mol. The summed E-state index contributed by atoms with van der Waals surface area (Å²) >= 11 is 2.17. The first-order valence-electron chi connectivity index (χ1n) is 25.6. The molecular weight excluding hydrogens is 1140 g/mol. The molecule has 3 rings (SSSR count). The number of carbonyl (C=O) groups excluding carboxylic acids is 12. The number of unbranched alkanes of at least 4 members (excludes halogenated alkanes) is 2. The fourth-order valence-corrected chi connectivity index (χ4v) is 11.6. The van der Waals surface area contributed by atoms with Gasteiger partial charge in [0.2, 0.25) is 11.8 Å². The summed E-state index contributed by atoms with van der Waals surface area (Å²) in [5, 5.41) is 15.8. The molecule has 32 heteroatoms. The van der Waals surface area contributed by atoms with E-state index in [1.54, 1.807) is 0 Å². The first-order chi connectivity index (χ1) is 38.4. The van der Waals surface area contributed by atoms with Crippen molar-refractivity contribution in [3.05, 3.63) is 0 Å². The Hall–Kier alpha value is -5.90. The van der Waals surface area contributed by atoms with Crippen molar-refractivity contribution < 1.29 is 134 Å². The minimum Gasteiger partial charge on any atom is -0.465 e. The van der Waals surface area contributed by atoms with Crippen molar-refractivity contribution in [3.63, 3.8) is 0 Å². The van der Waals surface area contributed by atoms with Gasteiger partial charge in [0.1, 0.15) is 55.0 Å².